The van der Waals surface area contributed by atoms with Gasteiger partial charge in [0.1, 0.15) is 22.1 Å². The van der Waals surface area contributed by atoms with Crippen molar-refractivity contribution in [1.29, 1.82) is 0 Å². The van der Waals surface area contributed by atoms with Crippen molar-refractivity contribution in [2.45, 2.75) is 31.8 Å². The van der Waals surface area contributed by atoms with E-state index in [4.69, 9.17) is 30.5 Å². The van der Waals surface area contributed by atoms with Crippen LogP contribution in [0.1, 0.15) is 42.1 Å². The standard InChI is InChI=1S/C28H25BrClNO7/c1-12-9-16-21(20(14-7-6-8-15(29)10-14)19(13(2)31-16)27(34)37-5)25(32)28(12)26(33)22-17(35-3)11-18(36-4)23(30)24(22)38-28/h6-8,10-12,20,31H,9H2,1-5H3/t12-,20+,28+/m1/s1. The maximum absolute atomic E-state index is 14.6. The van der Waals surface area contributed by atoms with E-state index in [2.05, 4.69) is 21.2 Å². The van der Waals surface area contributed by atoms with Crippen molar-refractivity contribution in [3.05, 3.63) is 73.5 Å². The van der Waals surface area contributed by atoms with Gasteiger partial charge in [-0.15, -0.1) is 0 Å². The largest absolute Gasteiger partial charge is 0.496 e. The number of ketones is 2. The van der Waals surface area contributed by atoms with Crippen molar-refractivity contribution >= 4 is 45.1 Å². The van der Waals surface area contributed by atoms with Gasteiger partial charge in [0.25, 0.3) is 0 Å². The van der Waals surface area contributed by atoms with Crippen molar-refractivity contribution in [3.8, 4) is 17.2 Å². The molecule has 0 unspecified atom stereocenters. The molecule has 3 aliphatic rings. The van der Waals surface area contributed by atoms with Crippen LogP contribution in [0.5, 0.6) is 17.2 Å². The number of carbonyl (C=O) groups is 3. The van der Waals surface area contributed by atoms with E-state index < -0.39 is 35.0 Å². The Morgan fingerprint density at radius 3 is 2.47 bits per heavy atom. The lowest BCUT2D eigenvalue weighted by molar-refractivity contribution is -0.136. The first kappa shape index (κ1) is 26.3. The van der Waals surface area contributed by atoms with Crippen LogP contribution in [0.25, 0.3) is 0 Å². The molecule has 1 spiro atoms. The Hall–Kier alpha value is -3.30. The number of hydrogen-bond acceptors (Lipinski definition) is 8. The maximum atomic E-state index is 14.6. The highest BCUT2D eigenvalue weighted by Gasteiger charge is 2.63. The molecular weight excluding hydrogens is 578 g/mol. The van der Waals surface area contributed by atoms with Gasteiger partial charge in [0.2, 0.25) is 17.2 Å². The molecular formula is C28H25BrClNO7. The number of fused-ring (bicyclic) bond motifs is 1. The number of ether oxygens (including phenoxy) is 4. The van der Waals surface area contributed by atoms with Crippen molar-refractivity contribution in [1.82, 2.24) is 5.32 Å². The van der Waals surface area contributed by atoms with Crippen molar-refractivity contribution in [2.24, 2.45) is 5.92 Å². The molecule has 1 N–H and O–H groups in total. The van der Waals surface area contributed by atoms with Gasteiger partial charge in [0.15, 0.2) is 5.75 Å². The number of rotatable bonds is 4. The molecule has 0 saturated heterocycles. The summed E-state index contributed by atoms with van der Waals surface area (Å²) >= 11 is 10.0. The second-order valence-electron chi connectivity index (χ2n) is 9.44. The molecule has 2 heterocycles. The molecule has 2 aromatic carbocycles. The lowest BCUT2D eigenvalue weighted by atomic mass is 9.65. The smallest absolute Gasteiger partial charge is 0.336 e. The van der Waals surface area contributed by atoms with Crippen LogP contribution in [0.3, 0.4) is 0 Å². The van der Waals surface area contributed by atoms with Crippen LogP contribution in [0.2, 0.25) is 5.02 Å². The van der Waals surface area contributed by atoms with Gasteiger partial charge >= 0.3 is 5.97 Å². The minimum Gasteiger partial charge on any atom is -0.496 e. The minimum absolute atomic E-state index is 0.0415. The number of esters is 1. The molecule has 2 aromatic rings. The molecule has 0 amide bonds. The highest BCUT2D eigenvalue weighted by molar-refractivity contribution is 9.10. The predicted molar refractivity (Wildman–Crippen MR) is 143 cm³/mol. The van der Waals surface area contributed by atoms with E-state index in [1.807, 2.05) is 24.3 Å². The van der Waals surface area contributed by atoms with Gasteiger partial charge in [-0.2, -0.15) is 0 Å². The second-order valence-corrected chi connectivity index (χ2v) is 10.7. The summed E-state index contributed by atoms with van der Waals surface area (Å²) in [6.45, 7) is 3.55. The normalized spacial score (nSPS) is 24.1. The first-order valence-corrected chi connectivity index (χ1v) is 13.0. The van der Waals surface area contributed by atoms with E-state index in [-0.39, 0.29) is 39.0 Å². The molecule has 0 radical (unpaired) electrons. The molecule has 38 heavy (non-hydrogen) atoms. The molecule has 10 heteroatoms. The molecule has 3 atom stereocenters. The lowest BCUT2D eigenvalue weighted by Crippen LogP contribution is -2.58. The summed E-state index contributed by atoms with van der Waals surface area (Å²) in [7, 11) is 4.14. The van der Waals surface area contributed by atoms with Gasteiger partial charge in [-0.05, 0) is 31.0 Å². The molecule has 0 aromatic heterocycles. The molecule has 2 aliphatic heterocycles. The van der Waals surface area contributed by atoms with Gasteiger partial charge in [-0.3, -0.25) is 9.59 Å². The number of allylic oxidation sites excluding steroid dienone is 2. The molecule has 1 aliphatic carbocycles. The zero-order valence-electron chi connectivity index (χ0n) is 21.4. The number of carbonyl (C=O) groups excluding carboxylic acids is 3. The third-order valence-electron chi connectivity index (χ3n) is 7.44. The van der Waals surface area contributed by atoms with Gasteiger partial charge in [-0.25, -0.2) is 4.79 Å². The Bertz CT molecular complexity index is 1480. The molecule has 5 rings (SSSR count). The zero-order chi connectivity index (χ0) is 27.5. The van der Waals surface area contributed by atoms with Crippen LogP contribution in [0.4, 0.5) is 0 Å². The average Bonchev–Trinajstić information content (AvgIpc) is 3.21. The SMILES string of the molecule is COC(=O)C1=C(C)NC2=C(C(=O)[C@@]3(Oc4c(Cl)c(OC)cc(OC)c4C3=O)[C@H](C)C2)[C@H]1c1cccc(Br)c1. The average molecular weight is 603 g/mol. The Morgan fingerprint density at radius 2 is 1.84 bits per heavy atom. The highest BCUT2D eigenvalue weighted by Crippen LogP contribution is 2.56. The van der Waals surface area contributed by atoms with E-state index in [1.165, 1.54) is 27.4 Å². The van der Waals surface area contributed by atoms with Crippen molar-refractivity contribution in [3.63, 3.8) is 0 Å². The number of methoxy groups -OCH3 is 3. The van der Waals surface area contributed by atoms with Crippen LogP contribution in [-0.4, -0.2) is 44.5 Å². The number of dihydropyridines is 1. The monoisotopic (exact) mass is 601 g/mol. The Kier molecular flexibility index (Phi) is 6.55. The van der Waals surface area contributed by atoms with Crippen molar-refractivity contribution in [2.75, 3.05) is 21.3 Å². The first-order valence-electron chi connectivity index (χ1n) is 11.9. The van der Waals surface area contributed by atoms with Crippen LogP contribution < -0.4 is 19.5 Å². The summed E-state index contributed by atoms with van der Waals surface area (Å²) in [6, 6.07) is 8.84. The second kappa shape index (κ2) is 9.47. The van der Waals surface area contributed by atoms with Gasteiger partial charge < -0.3 is 24.3 Å². The summed E-state index contributed by atoms with van der Waals surface area (Å²) in [4.78, 5) is 41.8. The first-order chi connectivity index (χ1) is 18.1. The third-order valence-corrected chi connectivity index (χ3v) is 8.29. The summed E-state index contributed by atoms with van der Waals surface area (Å²) in [6.07, 6.45) is 0.314. The highest BCUT2D eigenvalue weighted by atomic mass is 79.9. The third kappa shape index (κ3) is 3.59. The zero-order valence-corrected chi connectivity index (χ0v) is 23.7. The molecule has 0 fully saturated rings. The topological polar surface area (TPSA) is 100 Å². The number of benzene rings is 2. The Morgan fingerprint density at radius 1 is 1.13 bits per heavy atom. The van der Waals surface area contributed by atoms with E-state index in [0.29, 0.717) is 23.4 Å². The molecule has 0 saturated carbocycles. The van der Waals surface area contributed by atoms with Crippen LogP contribution in [0.15, 0.2) is 57.3 Å². The van der Waals surface area contributed by atoms with Gasteiger partial charge in [-0.1, -0.05) is 46.6 Å². The minimum atomic E-state index is -1.90. The fraction of sp³-hybridized carbons (Fsp3) is 0.321. The number of halogens is 2. The van der Waals surface area contributed by atoms with E-state index in [9.17, 15) is 14.4 Å². The fourth-order valence-electron chi connectivity index (χ4n) is 5.67. The van der Waals surface area contributed by atoms with Crippen LogP contribution in [0, 0.1) is 5.92 Å². The quantitative estimate of drug-likeness (QED) is 0.380. The lowest BCUT2D eigenvalue weighted by Gasteiger charge is -2.42. The number of hydrogen-bond donors (Lipinski definition) is 1. The number of Topliss-reactive ketones (excluding diaryl/α,β-unsaturated/α-hetero) is 2. The molecule has 8 nitrogen and oxygen atoms in total. The van der Waals surface area contributed by atoms with E-state index >= 15 is 0 Å². The maximum Gasteiger partial charge on any atom is 0.336 e. The Labute approximate surface area is 233 Å². The van der Waals surface area contributed by atoms with Gasteiger partial charge in [0.05, 0.1) is 26.9 Å². The van der Waals surface area contributed by atoms with Crippen LogP contribution in [-0.2, 0) is 14.3 Å². The Balaban J connectivity index is 1.72. The summed E-state index contributed by atoms with van der Waals surface area (Å²) in [5, 5.41) is 3.32. The predicted octanol–water partition coefficient (Wildman–Crippen LogP) is 5.13. The fourth-order valence-corrected chi connectivity index (χ4v) is 6.36. The summed E-state index contributed by atoms with van der Waals surface area (Å²) in [5.74, 6) is -2.54. The molecule has 198 valence electrons. The summed E-state index contributed by atoms with van der Waals surface area (Å²) < 4.78 is 23.0. The molecule has 0 bridgehead atoms. The van der Waals surface area contributed by atoms with E-state index in [0.717, 1.165) is 4.47 Å². The summed E-state index contributed by atoms with van der Waals surface area (Å²) in [5.41, 5.74) is 0.636. The van der Waals surface area contributed by atoms with Crippen LogP contribution >= 0.6 is 27.5 Å². The number of nitrogens with one attached hydrogen (secondary N) is 1. The van der Waals surface area contributed by atoms with Gasteiger partial charge in [0, 0.05) is 39.3 Å². The van der Waals surface area contributed by atoms with E-state index in [1.54, 1.807) is 13.8 Å². The van der Waals surface area contributed by atoms with Crippen molar-refractivity contribution < 1.29 is 33.3 Å².